The Morgan fingerprint density at radius 2 is 2.15 bits per heavy atom. The molecule has 0 saturated carbocycles. The molecule has 1 heterocycles. The molecule has 0 radical (unpaired) electrons. The first kappa shape index (κ1) is 10.0. The van der Waals surface area contributed by atoms with Crippen molar-refractivity contribution in [3.8, 4) is 0 Å². The number of aldehydes is 1. The number of furan rings is 1. The van der Waals surface area contributed by atoms with Gasteiger partial charge < -0.3 is 4.42 Å². The largest absolute Gasteiger partial charge is 0.472 e. The van der Waals surface area contributed by atoms with Crippen LogP contribution in [0.3, 0.4) is 0 Å². The lowest BCUT2D eigenvalue weighted by Gasteiger charge is -1.97. The summed E-state index contributed by atoms with van der Waals surface area (Å²) >= 11 is 0. The van der Waals surface area contributed by atoms with Gasteiger partial charge in [-0.2, -0.15) is 0 Å². The second-order valence-electron chi connectivity index (χ2n) is 3.28. The monoisotopic (exact) mass is 180 g/mol. The summed E-state index contributed by atoms with van der Waals surface area (Å²) in [6, 6.07) is 0. The summed E-state index contributed by atoms with van der Waals surface area (Å²) in [6.07, 6.45) is 9.91. The Morgan fingerprint density at radius 1 is 1.31 bits per heavy atom. The quantitative estimate of drug-likeness (QED) is 0.497. The fraction of sp³-hybridized carbons (Fsp3) is 0.545. The fourth-order valence-electron chi connectivity index (χ4n) is 1.38. The molecule has 0 atom stereocenters. The van der Waals surface area contributed by atoms with Crippen molar-refractivity contribution in [1.29, 1.82) is 0 Å². The third-order valence-electron chi connectivity index (χ3n) is 2.20. The van der Waals surface area contributed by atoms with Gasteiger partial charge in [0.25, 0.3) is 0 Å². The summed E-state index contributed by atoms with van der Waals surface area (Å²) in [4.78, 5) is 10.5. The first-order valence-electron chi connectivity index (χ1n) is 4.88. The van der Waals surface area contributed by atoms with Crippen molar-refractivity contribution in [2.24, 2.45) is 0 Å². The predicted octanol–water partition coefficient (Wildman–Crippen LogP) is 3.21. The van der Waals surface area contributed by atoms with E-state index in [1.54, 1.807) is 6.26 Å². The molecule has 13 heavy (non-hydrogen) atoms. The van der Waals surface area contributed by atoms with Crippen molar-refractivity contribution >= 4 is 6.29 Å². The first-order chi connectivity index (χ1) is 6.38. The highest BCUT2D eigenvalue weighted by molar-refractivity contribution is 5.76. The Bertz CT molecular complexity index is 250. The molecule has 0 bridgehead atoms. The number of aryl methyl sites for hydroxylation is 1. The molecule has 0 N–H and O–H groups in total. The van der Waals surface area contributed by atoms with Crippen LogP contribution in [0.1, 0.15) is 48.5 Å². The molecule has 0 aromatic carbocycles. The highest BCUT2D eigenvalue weighted by Gasteiger charge is 2.02. The average Bonchev–Trinajstić information content (AvgIpc) is 2.60. The number of hydrogen-bond donors (Lipinski definition) is 0. The highest BCUT2D eigenvalue weighted by Crippen LogP contribution is 2.12. The molecule has 0 aliphatic carbocycles. The lowest BCUT2D eigenvalue weighted by molar-refractivity contribution is 0.112. The third-order valence-corrected chi connectivity index (χ3v) is 2.20. The number of unbranched alkanes of at least 4 members (excludes halogenated alkanes) is 3. The number of hydrogen-bond acceptors (Lipinski definition) is 2. The predicted molar refractivity (Wildman–Crippen MR) is 51.9 cm³/mol. The van der Waals surface area contributed by atoms with E-state index >= 15 is 0 Å². The van der Waals surface area contributed by atoms with Crippen LogP contribution >= 0.6 is 0 Å². The van der Waals surface area contributed by atoms with Gasteiger partial charge in [0.05, 0.1) is 11.8 Å². The summed E-state index contributed by atoms with van der Waals surface area (Å²) < 4.78 is 4.96. The molecule has 2 heteroatoms. The van der Waals surface area contributed by atoms with Crippen LogP contribution in [0.5, 0.6) is 0 Å². The molecular formula is C11H16O2. The fourth-order valence-corrected chi connectivity index (χ4v) is 1.38. The summed E-state index contributed by atoms with van der Waals surface area (Å²) in [5.74, 6) is 0. The maximum atomic E-state index is 10.5. The van der Waals surface area contributed by atoms with Crippen LogP contribution in [0.2, 0.25) is 0 Å². The maximum Gasteiger partial charge on any atom is 0.153 e. The van der Waals surface area contributed by atoms with Gasteiger partial charge in [-0.1, -0.05) is 26.2 Å². The van der Waals surface area contributed by atoms with E-state index in [1.165, 1.54) is 25.5 Å². The van der Waals surface area contributed by atoms with Gasteiger partial charge in [0, 0.05) is 5.56 Å². The van der Waals surface area contributed by atoms with Crippen molar-refractivity contribution in [1.82, 2.24) is 0 Å². The third kappa shape index (κ3) is 3.05. The molecule has 0 saturated heterocycles. The van der Waals surface area contributed by atoms with Crippen molar-refractivity contribution in [2.45, 2.75) is 39.0 Å². The summed E-state index contributed by atoms with van der Waals surface area (Å²) in [5, 5.41) is 0. The van der Waals surface area contributed by atoms with E-state index in [0.29, 0.717) is 5.56 Å². The molecular weight excluding hydrogens is 164 g/mol. The zero-order valence-electron chi connectivity index (χ0n) is 8.08. The Balaban J connectivity index is 2.31. The SMILES string of the molecule is CCCCCCc1cocc1C=O. The lowest BCUT2D eigenvalue weighted by atomic mass is 10.1. The van der Waals surface area contributed by atoms with Crippen molar-refractivity contribution in [2.75, 3.05) is 0 Å². The van der Waals surface area contributed by atoms with E-state index < -0.39 is 0 Å². The van der Waals surface area contributed by atoms with E-state index in [4.69, 9.17) is 4.42 Å². The van der Waals surface area contributed by atoms with E-state index in [-0.39, 0.29) is 0 Å². The van der Waals surface area contributed by atoms with Crippen LogP contribution in [0.15, 0.2) is 16.9 Å². The normalized spacial score (nSPS) is 10.2. The van der Waals surface area contributed by atoms with Gasteiger partial charge in [-0.25, -0.2) is 0 Å². The topological polar surface area (TPSA) is 30.2 Å². The highest BCUT2D eigenvalue weighted by atomic mass is 16.3. The minimum absolute atomic E-state index is 0.705. The van der Waals surface area contributed by atoms with Crippen molar-refractivity contribution in [3.05, 3.63) is 23.7 Å². The van der Waals surface area contributed by atoms with Crippen LogP contribution in [0.4, 0.5) is 0 Å². The minimum Gasteiger partial charge on any atom is -0.472 e. The van der Waals surface area contributed by atoms with Crippen LogP contribution in [-0.4, -0.2) is 6.29 Å². The Hall–Kier alpha value is -1.05. The number of carbonyl (C=O) groups is 1. The Kier molecular flexibility index (Phi) is 4.30. The standard InChI is InChI=1S/C11H16O2/c1-2-3-4-5-6-10-8-13-9-11(10)7-12/h7-9H,2-6H2,1H3. The number of rotatable bonds is 6. The van der Waals surface area contributed by atoms with Crippen LogP contribution in [0.25, 0.3) is 0 Å². The second kappa shape index (κ2) is 5.57. The zero-order valence-corrected chi connectivity index (χ0v) is 8.08. The van der Waals surface area contributed by atoms with Crippen molar-refractivity contribution < 1.29 is 9.21 Å². The molecule has 0 unspecified atom stereocenters. The maximum absolute atomic E-state index is 10.5. The summed E-state index contributed by atoms with van der Waals surface area (Å²) in [6.45, 7) is 2.19. The van der Waals surface area contributed by atoms with Crippen molar-refractivity contribution in [3.63, 3.8) is 0 Å². The first-order valence-corrected chi connectivity index (χ1v) is 4.88. The van der Waals surface area contributed by atoms with E-state index in [1.807, 2.05) is 0 Å². The van der Waals surface area contributed by atoms with E-state index in [9.17, 15) is 4.79 Å². The van der Waals surface area contributed by atoms with E-state index in [0.717, 1.165) is 24.7 Å². The minimum atomic E-state index is 0.705. The van der Waals surface area contributed by atoms with Gasteiger partial charge in [-0.05, 0) is 12.8 Å². The van der Waals surface area contributed by atoms with Crippen LogP contribution in [-0.2, 0) is 6.42 Å². The molecule has 0 aliphatic rings. The Labute approximate surface area is 78.9 Å². The van der Waals surface area contributed by atoms with Gasteiger partial charge in [-0.15, -0.1) is 0 Å². The zero-order chi connectivity index (χ0) is 9.52. The molecule has 2 nitrogen and oxygen atoms in total. The van der Waals surface area contributed by atoms with Gasteiger partial charge in [0.1, 0.15) is 6.26 Å². The molecule has 0 fully saturated rings. The molecule has 0 aliphatic heterocycles. The molecule has 1 rings (SSSR count). The van der Waals surface area contributed by atoms with E-state index in [2.05, 4.69) is 6.92 Å². The van der Waals surface area contributed by atoms with Gasteiger partial charge in [0.15, 0.2) is 6.29 Å². The summed E-state index contributed by atoms with van der Waals surface area (Å²) in [5.41, 5.74) is 1.75. The smallest absolute Gasteiger partial charge is 0.153 e. The van der Waals surface area contributed by atoms with Crippen LogP contribution < -0.4 is 0 Å². The number of carbonyl (C=O) groups excluding carboxylic acids is 1. The molecule has 0 amide bonds. The molecule has 1 aromatic rings. The van der Waals surface area contributed by atoms with Gasteiger partial charge in [0.2, 0.25) is 0 Å². The average molecular weight is 180 g/mol. The van der Waals surface area contributed by atoms with Crippen LogP contribution in [0, 0.1) is 0 Å². The molecule has 1 aromatic heterocycles. The molecule has 0 spiro atoms. The van der Waals surface area contributed by atoms with Gasteiger partial charge >= 0.3 is 0 Å². The Morgan fingerprint density at radius 3 is 2.85 bits per heavy atom. The second-order valence-corrected chi connectivity index (χ2v) is 3.28. The van der Waals surface area contributed by atoms with Gasteiger partial charge in [-0.3, -0.25) is 4.79 Å². The molecule has 72 valence electrons. The summed E-state index contributed by atoms with van der Waals surface area (Å²) in [7, 11) is 0. The lowest BCUT2D eigenvalue weighted by Crippen LogP contribution is -1.88.